The maximum Gasteiger partial charge on any atom is 0.276 e. The second-order valence-corrected chi connectivity index (χ2v) is 5.15. The largest absolute Gasteiger partial charge is 0.493 e. The zero-order chi connectivity index (χ0) is 15.9. The molecule has 7 heteroatoms. The van der Waals surface area contributed by atoms with Crippen LogP contribution in [-0.4, -0.2) is 56.9 Å². The zero-order valence-electron chi connectivity index (χ0n) is 13.0. The van der Waals surface area contributed by atoms with Gasteiger partial charge in [-0.1, -0.05) is 0 Å². The SMILES string of the molecule is COc1cc(CCCN2CCOCC2)c([N+](=O)[O-])cc1OC. The molecule has 1 aromatic carbocycles. The molecule has 0 atom stereocenters. The van der Waals surface area contributed by atoms with Crippen molar-refractivity contribution >= 4 is 5.69 Å². The summed E-state index contributed by atoms with van der Waals surface area (Å²) in [6.07, 6.45) is 1.49. The second kappa shape index (κ2) is 7.95. The van der Waals surface area contributed by atoms with Crippen LogP contribution in [0, 0.1) is 10.1 Å². The van der Waals surface area contributed by atoms with E-state index in [4.69, 9.17) is 14.2 Å². The molecule has 1 saturated heterocycles. The van der Waals surface area contributed by atoms with Crippen LogP contribution < -0.4 is 9.47 Å². The first kappa shape index (κ1) is 16.5. The number of hydrogen-bond acceptors (Lipinski definition) is 6. The number of benzene rings is 1. The zero-order valence-corrected chi connectivity index (χ0v) is 13.0. The van der Waals surface area contributed by atoms with Gasteiger partial charge in [-0.05, 0) is 25.5 Å². The molecular formula is C15H22N2O5. The first-order chi connectivity index (χ1) is 10.7. The van der Waals surface area contributed by atoms with Crippen molar-refractivity contribution in [3.05, 3.63) is 27.8 Å². The van der Waals surface area contributed by atoms with Crippen molar-refractivity contribution in [1.82, 2.24) is 4.90 Å². The van der Waals surface area contributed by atoms with Crippen LogP contribution in [0.25, 0.3) is 0 Å². The van der Waals surface area contributed by atoms with Crippen LogP contribution in [0.3, 0.4) is 0 Å². The Kier molecular flexibility index (Phi) is 5.97. The van der Waals surface area contributed by atoms with Crippen LogP contribution >= 0.6 is 0 Å². The van der Waals surface area contributed by atoms with Gasteiger partial charge in [0.05, 0.1) is 38.4 Å². The summed E-state index contributed by atoms with van der Waals surface area (Å²) in [7, 11) is 3.00. The van der Waals surface area contributed by atoms with E-state index >= 15 is 0 Å². The molecule has 1 aliphatic heterocycles. The average molecular weight is 310 g/mol. The van der Waals surface area contributed by atoms with E-state index in [1.54, 1.807) is 6.07 Å². The topological polar surface area (TPSA) is 74.1 Å². The summed E-state index contributed by atoms with van der Waals surface area (Å²) in [6, 6.07) is 3.14. The molecule has 0 bridgehead atoms. The Morgan fingerprint density at radius 2 is 1.86 bits per heavy atom. The monoisotopic (exact) mass is 310 g/mol. The van der Waals surface area contributed by atoms with E-state index in [-0.39, 0.29) is 10.6 Å². The molecule has 0 spiro atoms. The summed E-state index contributed by atoms with van der Waals surface area (Å²) in [5.41, 5.74) is 0.760. The molecule has 0 radical (unpaired) electrons. The summed E-state index contributed by atoms with van der Waals surface area (Å²) >= 11 is 0. The Labute approximate surface area is 129 Å². The van der Waals surface area contributed by atoms with Gasteiger partial charge in [-0.25, -0.2) is 0 Å². The van der Waals surface area contributed by atoms with Crippen LogP contribution in [0.2, 0.25) is 0 Å². The molecule has 1 aliphatic rings. The highest BCUT2D eigenvalue weighted by Gasteiger charge is 2.19. The van der Waals surface area contributed by atoms with Crippen LogP contribution in [0.4, 0.5) is 5.69 Å². The second-order valence-electron chi connectivity index (χ2n) is 5.15. The molecular weight excluding hydrogens is 288 g/mol. The molecule has 2 rings (SSSR count). The van der Waals surface area contributed by atoms with Gasteiger partial charge in [0.1, 0.15) is 0 Å². The molecule has 1 aromatic rings. The Bertz CT molecular complexity index is 515. The Morgan fingerprint density at radius 1 is 1.23 bits per heavy atom. The van der Waals surface area contributed by atoms with Crippen molar-refractivity contribution in [2.24, 2.45) is 0 Å². The van der Waals surface area contributed by atoms with E-state index in [1.807, 2.05) is 0 Å². The number of ether oxygens (including phenoxy) is 3. The number of morpholine rings is 1. The van der Waals surface area contributed by atoms with E-state index in [1.165, 1.54) is 20.3 Å². The van der Waals surface area contributed by atoms with Crippen molar-refractivity contribution in [1.29, 1.82) is 0 Å². The maximum atomic E-state index is 11.2. The predicted octanol–water partition coefficient (Wildman–Crippen LogP) is 1.88. The Hall–Kier alpha value is -1.86. The first-order valence-corrected chi connectivity index (χ1v) is 7.35. The van der Waals surface area contributed by atoms with E-state index in [0.29, 0.717) is 23.5 Å². The third-order valence-corrected chi connectivity index (χ3v) is 3.81. The number of aryl methyl sites for hydroxylation is 1. The molecule has 122 valence electrons. The van der Waals surface area contributed by atoms with Gasteiger partial charge in [-0.15, -0.1) is 0 Å². The number of hydrogen-bond donors (Lipinski definition) is 0. The van der Waals surface area contributed by atoms with Crippen molar-refractivity contribution in [3.8, 4) is 11.5 Å². The van der Waals surface area contributed by atoms with Gasteiger partial charge in [0.15, 0.2) is 11.5 Å². The van der Waals surface area contributed by atoms with Crippen molar-refractivity contribution in [2.75, 3.05) is 47.1 Å². The minimum Gasteiger partial charge on any atom is -0.493 e. The molecule has 0 saturated carbocycles. The van der Waals surface area contributed by atoms with E-state index in [9.17, 15) is 10.1 Å². The third-order valence-electron chi connectivity index (χ3n) is 3.81. The maximum absolute atomic E-state index is 11.2. The van der Waals surface area contributed by atoms with Gasteiger partial charge >= 0.3 is 0 Å². The van der Waals surface area contributed by atoms with Crippen LogP contribution in [-0.2, 0) is 11.2 Å². The number of rotatable bonds is 7. The van der Waals surface area contributed by atoms with Crippen molar-refractivity contribution in [3.63, 3.8) is 0 Å². The minimum absolute atomic E-state index is 0.0830. The average Bonchev–Trinajstić information content (AvgIpc) is 2.55. The van der Waals surface area contributed by atoms with Gasteiger partial charge in [-0.3, -0.25) is 15.0 Å². The molecule has 0 N–H and O–H groups in total. The Balaban J connectivity index is 2.05. The summed E-state index contributed by atoms with van der Waals surface area (Å²) in [4.78, 5) is 13.2. The minimum atomic E-state index is -0.369. The quantitative estimate of drug-likeness (QED) is 0.565. The smallest absolute Gasteiger partial charge is 0.276 e. The van der Waals surface area contributed by atoms with Gasteiger partial charge in [0, 0.05) is 18.7 Å². The lowest BCUT2D eigenvalue weighted by Gasteiger charge is -2.26. The molecule has 22 heavy (non-hydrogen) atoms. The standard InChI is InChI=1S/C15H22N2O5/c1-20-14-10-12(13(17(18)19)11-15(14)21-2)4-3-5-16-6-8-22-9-7-16/h10-11H,3-9H2,1-2H3. The number of nitro groups is 1. The lowest BCUT2D eigenvalue weighted by Crippen LogP contribution is -2.36. The van der Waals surface area contributed by atoms with Crippen molar-refractivity contribution in [2.45, 2.75) is 12.8 Å². The summed E-state index contributed by atoms with van der Waals surface area (Å²) in [5.74, 6) is 0.903. The van der Waals surface area contributed by atoms with Crippen LogP contribution in [0.15, 0.2) is 12.1 Å². The fourth-order valence-corrected chi connectivity index (χ4v) is 2.60. The normalized spacial score (nSPS) is 15.5. The molecule has 0 unspecified atom stereocenters. The highest BCUT2D eigenvalue weighted by Crippen LogP contribution is 2.35. The lowest BCUT2D eigenvalue weighted by molar-refractivity contribution is -0.385. The molecule has 0 amide bonds. The van der Waals surface area contributed by atoms with E-state index < -0.39 is 0 Å². The highest BCUT2D eigenvalue weighted by atomic mass is 16.6. The number of nitrogens with zero attached hydrogens (tertiary/aromatic N) is 2. The fourth-order valence-electron chi connectivity index (χ4n) is 2.60. The van der Waals surface area contributed by atoms with Crippen LogP contribution in [0.1, 0.15) is 12.0 Å². The molecule has 1 fully saturated rings. The Morgan fingerprint density at radius 3 is 2.45 bits per heavy atom. The number of methoxy groups -OCH3 is 2. The molecule has 0 aromatic heterocycles. The first-order valence-electron chi connectivity index (χ1n) is 7.35. The van der Waals surface area contributed by atoms with Gasteiger partial charge < -0.3 is 14.2 Å². The predicted molar refractivity (Wildman–Crippen MR) is 81.8 cm³/mol. The highest BCUT2D eigenvalue weighted by molar-refractivity contribution is 5.54. The van der Waals surface area contributed by atoms with E-state index in [2.05, 4.69) is 4.90 Å². The summed E-state index contributed by atoms with van der Waals surface area (Å²) < 4.78 is 15.7. The fraction of sp³-hybridized carbons (Fsp3) is 0.600. The number of nitro benzene ring substituents is 1. The van der Waals surface area contributed by atoms with Crippen molar-refractivity contribution < 1.29 is 19.1 Å². The van der Waals surface area contributed by atoms with Gasteiger partial charge in [0.2, 0.25) is 0 Å². The third kappa shape index (κ3) is 4.08. The lowest BCUT2D eigenvalue weighted by atomic mass is 10.1. The molecule has 0 aliphatic carbocycles. The van der Waals surface area contributed by atoms with Crippen LogP contribution in [0.5, 0.6) is 11.5 Å². The van der Waals surface area contributed by atoms with E-state index in [0.717, 1.165) is 39.3 Å². The molecule has 7 nitrogen and oxygen atoms in total. The van der Waals surface area contributed by atoms with Gasteiger partial charge in [-0.2, -0.15) is 0 Å². The molecule has 1 heterocycles. The summed E-state index contributed by atoms with van der Waals surface area (Å²) in [5, 5.41) is 11.2. The van der Waals surface area contributed by atoms with Gasteiger partial charge in [0.25, 0.3) is 5.69 Å². The summed E-state index contributed by atoms with van der Waals surface area (Å²) in [6.45, 7) is 4.28.